The molecule has 3 rings (SSSR count). The third kappa shape index (κ3) is 3.27. The lowest BCUT2D eigenvalue weighted by Gasteiger charge is -2.13. The van der Waals surface area contributed by atoms with E-state index in [4.69, 9.17) is 5.73 Å². The van der Waals surface area contributed by atoms with Crippen molar-refractivity contribution >= 4 is 11.8 Å². The molecule has 21 heavy (non-hydrogen) atoms. The van der Waals surface area contributed by atoms with Gasteiger partial charge in [-0.1, -0.05) is 12.1 Å². The SMILES string of the molecule is NC(CSc1ccc2c(c1)CCC2)c1ccc(F)cc1F. The lowest BCUT2D eigenvalue weighted by atomic mass is 10.1. The van der Waals surface area contributed by atoms with Crippen molar-refractivity contribution in [2.24, 2.45) is 5.73 Å². The first-order chi connectivity index (χ1) is 10.1. The molecule has 1 unspecified atom stereocenters. The predicted octanol–water partition coefficient (Wildman–Crippen LogP) is 4.25. The van der Waals surface area contributed by atoms with Crippen molar-refractivity contribution in [3.8, 4) is 0 Å². The number of hydrogen-bond donors (Lipinski definition) is 1. The Bertz CT molecular complexity index is 657. The van der Waals surface area contributed by atoms with Crippen molar-refractivity contribution < 1.29 is 8.78 Å². The second-order valence-electron chi connectivity index (χ2n) is 5.37. The minimum atomic E-state index is -0.574. The van der Waals surface area contributed by atoms with Gasteiger partial charge < -0.3 is 5.73 Å². The summed E-state index contributed by atoms with van der Waals surface area (Å²) in [5.74, 6) is -0.576. The molecule has 1 aliphatic carbocycles. The highest BCUT2D eigenvalue weighted by atomic mass is 32.2. The van der Waals surface area contributed by atoms with Gasteiger partial charge in [-0.3, -0.25) is 0 Å². The van der Waals surface area contributed by atoms with Crippen LogP contribution in [-0.2, 0) is 12.8 Å². The fourth-order valence-electron chi connectivity index (χ4n) is 2.72. The van der Waals surface area contributed by atoms with Gasteiger partial charge in [-0.2, -0.15) is 0 Å². The van der Waals surface area contributed by atoms with Crippen LogP contribution in [0.25, 0.3) is 0 Å². The summed E-state index contributed by atoms with van der Waals surface area (Å²) < 4.78 is 26.6. The third-order valence-electron chi connectivity index (χ3n) is 3.86. The average molecular weight is 305 g/mol. The second-order valence-corrected chi connectivity index (χ2v) is 6.46. The van der Waals surface area contributed by atoms with Crippen LogP contribution in [0.5, 0.6) is 0 Å². The van der Waals surface area contributed by atoms with E-state index in [1.165, 1.54) is 36.1 Å². The molecule has 2 aromatic carbocycles. The van der Waals surface area contributed by atoms with E-state index in [1.807, 2.05) is 0 Å². The van der Waals surface area contributed by atoms with Gasteiger partial charge in [-0.25, -0.2) is 8.78 Å². The number of rotatable bonds is 4. The summed E-state index contributed by atoms with van der Waals surface area (Å²) in [6, 6.07) is 9.60. The van der Waals surface area contributed by atoms with Gasteiger partial charge in [0.05, 0.1) is 0 Å². The molecule has 0 saturated carbocycles. The Morgan fingerprint density at radius 2 is 1.86 bits per heavy atom. The molecule has 0 aromatic heterocycles. The topological polar surface area (TPSA) is 26.0 Å². The number of fused-ring (bicyclic) bond motifs is 1. The van der Waals surface area contributed by atoms with Crippen LogP contribution in [0.2, 0.25) is 0 Å². The Morgan fingerprint density at radius 3 is 2.67 bits per heavy atom. The first-order valence-corrected chi connectivity index (χ1v) is 8.07. The van der Waals surface area contributed by atoms with Gasteiger partial charge in [-0.05, 0) is 48.6 Å². The fraction of sp³-hybridized carbons (Fsp3) is 0.294. The number of hydrogen-bond acceptors (Lipinski definition) is 2. The summed E-state index contributed by atoms with van der Waals surface area (Å²) in [6.45, 7) is 0. The van der Waals surface area contributed by atoms with Crippen LogP contribution in [0.1, 0.15) is 29.2 Å². The molecule has 4 heteroatoms. The van der Waals surface area contributed by atoms with Crippen LogP contribution in [0, 0.1) is 11.6 Å². The molecule has 0 spiro atoms. The van der Waals surface area contributed by atoms with Gasteiger partial charge in [-0.15, -0.1) is 11.8 Å². The fourth-order valence-corrected chi connectivity index (χ4v) is 3.66. The van der Waals surface area contributed by atoms with Gasteiger partial charge >= 0.3 is 0 Å². The normalized spacial score (nSPS) is 15.0. The Kier molecular flexibility index (Phi) is 4.27. The molecule has 1 atom stereocenters. The Balaban J connectivity index is 1.67. The van der Waals surface area contributed by atoms with Crippen molar-refractivity contribution in [1.82, 2.24) is 0 Å². The molecule has 0 saturated heterocycles. The Labute approximate surface area is 127 Å². The van der Waals surface area contributed by atoms with Crippen molar-refractivity contribution in [3.05, 3.63) is 64.7 Å². The minimum absolute atomic E-state index is 0.366. The lowest BCUT2D eigenvalue weighted by Crippen LogP contribution is -2.14. The Hall–Kier alpha value is -1.39. The minimum Gasteiger partial charge on any atom is -0.323 e. The molecule has 2 aromatic rings. The lowest BCUT2D eigenvalue weighted by molar-refractivity contribution is 0.563. The highest BCUT2D eigenvalue weighted by molar-refractivity contribution is 7.99. The largest absolute Gasteiger partial charge is 0.323 e. The molecule has 1 nitrogen and oxygen atoms in total. The quantitative estimate of drug-likeness (QED) is 0.855. The molecule has 1 aliphatic rings. The summed E-state index contributed by atoms with van der Waals surface area (Å²) >= 11 is 1.62. The van der Waals surface area contributed by atoms with E-state index in [0.29, 0.717) is 11.3 Å². The molecule has 0 amide bonds. The van der Waals surface area contributed by atoms with Gasteiger partial charge in [0.1, 0.15) is 11.6 Å². The smallest absolute Gasteiger partial charge is 0.130 e. The monoisotopic (exact) mass is 305 g/mol. The molecule has 0 bridgehead atoms. The van der Waals surface area contributed by atoms with E-state index in [0.717, 1.165) is 17.4 Å². The second kappa shape index (κ2) is 6.16. The highest BCUT2D eigenvalue weighted by Crippen LogP contribution is 2.30. The van der Waals surface area contributed by atoms with Gasteiger partial charge in [0, 0.05) is 28.3 Å². The van der Waals surface area contributed by atoms with Crippen LogP contribution < -0.4 is 5.73 Å². The third-order valence-corrected chi connectivity index (χ3v) is 4.97. The maximum absolute atomic E-state index is 13.7. The molecule has 0 radical (unpaired) electrons. The molecular formula is C17H17F2NS. The van der Waals surface area contributed by atoms with E-state index >= 15 is 0 Å². The maximum atomic E-state index is 13.7. The van der Waals surface area contributed by atoms with Crippen LogP contribution in [0.4, 0.5) is 8.78 Å². The van der Waals surface area contributed by atoms with Crippen LogP contribution in [0.15, 0.2) is 41.3 Å². The van der Waals surface area contributed by atoms with Gasteiger partial charge in [0.15, 0.2) is 0 Å². The van der Waals surface area contributed by atoms with Crippen LogP contribution in [-0.4, -0.2) is 5.75 Å². The van der Waals surface area contributed by atoms with E-state index in [9.17, 15) is 8.78 Å². The van der Waals surface area contributed by atoms with E-state index in [2.05, 4.69) is 18.2 Å². The number of aryl methyl sites for hydroxylation is 2. The number of thioether (sulfide) groups is 1. The highest BCUT2D eigenvalue weighted by Gasteiger charge is 2.14. The van der Waals surface area contributed by atoms with Gasteiger partial charge in [0.2, 0.25) is 0 Å². The number of nitrogens with two attached hydrogens (primary N) is 1. The summed E-state index contributed by atoms with van der Waals surface area (Å²) in [4.78, 5) is 1.16. The summed E-state index contributed by atoms with van der Waals surface area (Å²) in [5, 5.41) is 0. The summed E-state index contributed by atoms with van der Waals surface area (Å²) in [6.07, 6.45) is 3.53. The van der Waals surface area contributed by atoms with Crippen molar-refractivity contribution in [1.29, 1.82) is 0 Å². The predicted molar refractivity (Wildman–Crippen MR) is 82.5 cm³/mol. The van der Waals surface area contributed by atoms with E-state index in [-0.39, 0.29) is 0 Å². The summed E-state index contributed by atoms with van der Waals surface area (Å²) in [7, 11) is 0. The van der Waals surface area contributed by atoms with Crippen molar-refractivity contribution in [2.75, 3.05) is 5.75 Å². The zero-order valence-electron chi connectivity index (χ0n) is 11.6. The molecule has 0 heterocycles. The van der Waals surface area contributed by atoms with Crippen molar-refractivity contribution in [2.45, 2.75) is 30.2 Å². The van der Waals surface area contributed by atoms with Crippen molar-refractivity contribution in [3.63, 3.8) is 0 Å². The number of benzene rings is 2. The standard InChI is InChI=1S/C17H17F2NS/c18-13-5-7-15(16(19)9-13)17(20)10-21-14-6-4-11-2-1-3-12(11)8-14/h4-9,17H,1-3,10,20H2. The van der Waals surface area contributed by atoms with Crippen LogP contribution >= 0.6 is 11.8 Å². The zero-order valence-corrected chi connectivity index (χ0v) is 12.4. The molecule has 2 N–H and O–H groups in total. The van der Waals surface area contributed by atoms with E-state index < -0.39 is 17.7 Å². The van der Waals surface area contributed by atoms with Crippen LogP contribution in [0.3, 0.4) is 0 Å². The number of halogens is 2. The molecular weight excluding hydrogens is 288 g/mol. The molecule has 110 valence electrons. The zero-order chi connectivity index (χ0) is 14.8. The molecule has 0 fully saturated rings. The van der Waals surface area contributed by atoms with E-state index in [1.54, 1.807) is 11.8 Å². The maximum Gasteiger partial charge on any atom is 0.130 e. The summed E-state index contributed by atoms with van der Waals surface area (Å²) in [5.41, 5.74) is 9.25. The molecule has 0 aliphatic heterocycles. The van der Waals surface area contributed by atoms with Gasteiger partial charge in [0.25, 0.3) is 0 Å². The Morgan fingerprint density at radius 1 is 1.05 bits per heavy atom. The first kappa shape index (κ1) is 14.5. The first-order valence-electron chi connectivity index (χ1n) is 7.08. The average Bonchev–Trinajstić information content (AvgIpc) is 2.92.